The summed E-state index contributed by atoms with van der Waals surface area (Å²) in [6, 6.07) is 1.52. The molecule has 0 spiro atoms. The highest BCUT2D eigenvalue weighted by Gasteiger charge is 2.38. The second-order valence-corrected chi connectivity index (χ2v) is 20.5. The molecular formula is C47H68N7O14PS. The topological polar surface area (TPSA) is 291 Å². The van der Waals surface area contributed by atoms with E-state index in [1.54, 1.807) is 11.9 Å². The number of carbonyl (C=O) groups is 8. The maximum absolute atomic E-state index is 14.3. The fourth-order valence-electron chi connectivity index (χ4n) is 8.45. The smallest absolute Gasteiger partial charge is 0.481 e. The van der Waals surface area contributed by atoms with E-state index in [9.17, 15) is 57.8 Å². The van der Waals surface area contributed by atoms with Crippen molar-refractivity contribution in [3.05, 3.63) is 52.0 Å². The molecular weight excluding hydrogens is 950 g/mol. The zero-order valence-electron chi connectivity index (χ0n) is 41.0. The van der Waals surface area contributed by atoms with Gasteiger partial charge in [0.2, 0.25) is 17.7 Å². The number of phosphoric ester groups is 1. The van der Waals surface area contributed by atoms with Crippen molar-refractivity contribution >= 4 is 72.2 Å². The number of likely N-dealkylation sites (N-methyl/N-ethyl adjacent to an activating group) is 2. The molecule has 0 radical (unpaired) electrons. The van der Waals surface area contributed by atoms with E-state index in [-0.39, 0.29) is 90.5 Å². The van der Waals surface area contributed by atoms with E-state index in [4.69, 9.17) is 9.26 Å². The van der Waals surface area contributed by atoms with Gasteiger partial charge in [-0.05, 0) is 81.6 Å². The van der Waals surface area contributed by atoms with Crippen LogP contribution in [0.15, 0.2) is 35.7 Å². The predicted octanol–water partition coefficient (Wildman–Crippen LogP) is 4.59. The minimum Gasteiger partial charge on any atom is -0.481 e. The highest BCUT2D eigenvalue weighted by Crippen LogP contribution is 2.41. The molecule has 1 aromatic heterocycles. The number of anilines is 1. The Balaban J connectivity index is 1.52. The SMILES string of the molecule is CC[C@H](C)[C@H](NC(=O)C1CCCCN1C)C(=O)N(C)[C@H](C[C@@H](OC(C)=O)c1nc(C(=O)N[C@@H](Cc2ccc(OP(=O)(O)O)c(NC(=O)CCCCN3C(=O)C=CC3=O)c2)CC(C)C(=O)O)cs1)C(C)C. The third-order valence-electron chi connectivity index (χ3n) is 12.6. The molecule has 2 unspecified atom stereocenters. The molecule has 2 aliphatic heterocycles. The summed E-state index contributed by atoms with van der Waals surface area (Å²) in [6.45, 7) is 11.3. The Morgan fingerprint density at radius 1 is 1.00 bits per heavy atom. The van der Waals surface area contributed by atoms with E-state index >= 15 is 0 Å². The van der Waals surface area contributed by atoms with E-state index < -0.39 is 73.5 Å². The molecule has 6 N–H and O–H groups in total. The average Bonchev–Trinajstić information content (AvgIpc) is 3.91. The van der Waals surface area contributed by atoms with Crippen molar-refractivity contribution in [2.75, 3.05) is 32.5 Å². The Bertz CT molecular complexity index is 2280. The standard InChI is InChI=1S/C47H68N7O14PS/c1-9-28(4)42(51-44(60)35-14-10-12-20-52(35)7)46(61)53(8)36(27(2)3)25-38(67-30(6)55)45-50-34(26-70-45)43(59)48-32(22-29(5)47(62)63)23-31-16-17-37(68-69(64,65)66)33(24-31)49-39(56)15-11-13-21-54-40(57)18-19-41(54)58/h16-19,24,26-29,32,35-36,38,42H,9-15,20-23,25H2,1-8H3,(H,48,59)(H,49,56)(H,51,60)(H,62,63)(H2,64,65,66)/t28-,29?,32+,35?,36+,38+,42-/m0/s1. The molecule has 1 aromatic carbocycles. The van der Waals surface area contributed by atoms with Crippen LogP contribution in [0.5, 0.6) is 5.75 Å². The lowest BCUT2D eigenvalue weighted by Crippen LogP contribution is -2.58. The highest BCUT2D eigenvalue weighted by atomic mass is 32.1. The van der Waals surface area contributed by atoms with Gasteiger partial charge in [0.25, 0.3) is 17.7 Å². The number of ether oxygens (including phenoxy) is 1. The number of benzene rings is 1. The molecule has 2 aliphatic rings. The number of phosphoric acid groups is 1. The zero-order chi connectivity index (χ0) is 52.0. The van der Waals surface area contributed by atoms with Crippen molar-refractivity contribution in [2.45, 2.75) is 136 Å². The van der Waals surface area contributed by atoms with Crippen LogP contribution >= 0.6 is 19.2 Å². The van der Waals surface area contributed by atoms with Crippen molar-refractivity contribution in [1.82, 2.24) is 30.3 Å². The number of carbonyl (C=O) groups excluding carboxylic acids is 7. The number of aromatic nitrogens is 1. The number of rotatable bonds is 26. The van der Waals surface area contributed by atoms with Crippen molar-refractivity contribution in [3.63, 3.8) is 0 Å². The predicted molar refractivity (Wildman–Crippen MR) is 258 cm³/mol. The van der Waals surface area contributed by atoms with E-state index in [1.807, 2.05) is 39.6 Å². The van der Waals surface area contributed by atoms with Gasteiger partial charge >= 0.3 is 19.8 Å². The number of nitrogens with one attached hydrogen (secondary N) is 3. The largest absolute Gasteiger partial charge is 0.524 e. The molecule has 1 saturated heterocycles. The molecule has 3 heterocycles. The number of aliphatic carboxylic acids is 1. The van der Waals surface area contributed by atoms with Gasteiger partial charge in [0.05, 0.1) is 17.6 Å². The Labute approximate surface area is 412 Å². The van der Waals surface area contributed by atoms with E-state index in [0.29, 0.717) is 24.8 Å². The Kier molecular flexibility index (Phi) is 21.2. The lowest BCUT2D eigenvalue weighted by atomic mass is 9.92. The normalized spacial score (nSPS) is 17.8. The summed E-state index contributed by atoms with van der Waals surface area (Å²) < 4.78 is 22.5. The molecule has 6 amide bonds. The first kappa shape index (κ1) is 57.0. The number of nitrogens with zero attached hydrogens (tertiary/aromatic N) is 4. The number of imide groups is 1. The van der Waals surface area contributed by atoms with Gasteiger partial charge in [-0.3, -0.25) is 57.9 Å². The lowest BCUT2D eigenvalue weighted by molar-refractivity contribution is -0.149. The molecule has 2 aromatic rings. The van der Waals surface area contributed by atoms with Crippen molar-refractivity contribution in [3.8, 4) is 5.75 Å². The summed E-state index contributed by atoms with van der Waals surface area (Å²) >= 11 is 1.06. The van der Waals surface area contributed by atoms with Gasteiger partial charge < -0.3 is 35.2 Å². The third kappa shape index (κ3) is 16.8. The summed E-state index contributed by atoms with van der Waals surface area (Å²) in [5.41, 5.74) is 0.242. The number of amides is 6. The van der Waals surface area contributed by atoms with Crippen molar-refractivity contribution < 1.29 is 67.1 Å². The monoisotopic (exact) mass is 1020 g/mol. The molecule has 0 aliphatic carbocycles. The number of esters is 1. The molecule has 23 heteroatoms. The van der Waals surface area contributed by atoms with Crippen molar-refractivity contribution in [2.24, 2.45) is 17.8 Å². The van der Waals surface area contributed by atoms with Crippen LogP contribution in [0.4, 0.5) is 5.69 Å². The maximum atomic E-state index is 14.3. The third-order valence-corrected chi connectivity index (χ3v) is 14.0. The number of carboxylic acid groups (broad SMARTS) is 1. The van der Waals surface area contributed by atoms with Gasteiger partial charge in [0.1, 0.15) is 16.7 Å². The molecule has 21 nitrogen and oxygen atoms in total. The molecule has 0 bridgehead atoms. The van der Waals surface area contributed by atoms with Gasteiger partial charge in [-0.25, -0.2) is 9.55 Å². The summed E-state index contributed by atoms with van der Waals surface area (Å²) in [5.74, 6) is -6.05. The number of piperidine rings is 1. The Morgan fingerprint density at radius 3 is 2.29 bits per heavy atom. The van der Waals surface area contributed by atoms with Gasteiger partial charge in [-0.1, -0.05) is 53.5 Å². The van der Waals surface area contributed by atoms with Gasteiger partial charge in [0, 0.05) is 63.0 Å². The number of hydrogen-bond acceptors (Lipinski definition) is 14. The number of hydrogen-bond donors (Lipinski definition) is 6. The Morgan fingerprint density at radius 2 is 1.69 bits per heavy atom. The van der Waals surface area contributed by atoms with Crippen LogP contribution in [0.25, 0.3) is 0 Å². The maximum Gasteiger partial charge on any atom is 0.524 e. The van der Waals surface area contributed by atoms with Crippen LogP contribution < -0.4 is 20.5 Å². The first-order chi connectivity index (χ1) is 32.9. The quantitative estimate of drug-likeness (QED) is 0.0325. The summed E-state index contributed by atoms with van der Waals surface area (Å²) in [4.78, 5) is 131. The molecule has 0 saturated carbocycles. The average molecular weight is 1020 g/mol. The van der Waals surface area contributed by atoms with Crippen LogP contribution in [0.3, 0.4) is 0 Å². The van der Waals surface area contributed by atoms with Gasteiger partial charge in [-0.2, -0.15) is 0 Å². The summed E-state index contributed by atoms with van der Waals surface area (Å²) in [7, 11) is -1.54. The minimum atomic E-state index is -5.10. The van der Waals surface area contributed by atoms with Crippen LogP contribution in [0.2, 0.25) is 0 Å². The van der Waals surface area contributed by atoms with Crippen LogP contribution in [-0.2, 0) is 49.3 Å². The highest BCUT2D eigenvalue weighted by molar-refractivity contribution is 7.46. The number of thiazole rings is 1. The minimum absolute atomic E-state index is 0.0205. The molecule has 4 rings (SSSR count). The van der Waals surface area contributed by atoms with Crippen LogP contribution in [-0.4, -0.2) is 133 Å². The van der Waals surface area contributed by atoms with Gasteiger partial charge in [-0.15, -0.1) is 11.3 Å². The van der Waals surface area contributed by atoms with E-state index in [1.165, 1.54) is 37.4 Å². The fraction of sp³-hybridized carbons (Fsp3) is 0.596. The first-order valence-electron chi connectivity index (χ1n) is 23.5. The number of unbranched alkanes of at least 4 members (excludes halogenated alkanes) is 1. The lowest BCUT2D eigenvalue weighted by Gasteiger charge is -2.38. The van der Waals surface area contributed by atoms with E-state index in [2.05, 4.69) is 20.9 Å². The Hall–Kier alpha value is -5.54. The molecule has 386 valence electrons. The second kappa shape index (κ2) is 26.1. The molecule has 7 atom stereocenters. The second-order valence-electron chi connectivity index (χ2n) is 18.5. The van der Waals surface area contributed by atoms with E-state index in [0.717, 1.165) is 47.8 Å². The summed E-state index contributed by atoms with van der Waals surface area (Å²) in [6.07, 6.45) is 5.06. The number of likely N-dealkylation sites (tertiary alicyclic amines) is 1. The summed E-state index contributed by atoms with van der Waals surface area (Å²) in [5, 5.41) is 20.0. The number of carboxylic acids is 1. The fourth-order valence-corrected chi connectivity index (χ4v) is 9.71. The van der Waals surface area contributed by atoms with Crippen LogP contribution in [0.1, 0.15) is 126 Å². The first-order valence-corrected chi connectivity index (χ1v) is 25.9. The van der Waals surface area contributed by atoms with Gasteiger partial charge in [0.15, 0.2) is 11.9 Å². The molecule has 70 heavy (non-hydrogen) atoms. The van der Waals surface area contributed by atoms with Crippen LogP contribution in [0, 0.1) is 17.8 Å². The van der Waals surface area contributed by atoms with Crippen molar-refractivity contribution in [1.29, 1.82) is 0 Å². The molecule has 1 fully saturated rings. The zero-order valence-corrected chi connectivity index (χ0v) is 42.8.